The summed E-state index contributed by atoms with van der Waals surface area (Å²) in [5, 5.41) is 1.13. The molecule has 13 heavy (non-hydrogen) atoms. The minimum atomic E-state index is -1.35. The molecule has 0 aliphatic rings. The lowest BCUT2D eigenvalue weighted by Gasteiger charge is -2.13. The molecule has 1 rings (SSSR count). The Morgan fingerprint density at radius 2 is 2.08 bits per heavy atom. The Labute approximate surface area is 80.2 Å². The third-order valence-electron chi connectivity index (χ3n) is 1.76. The van der Waals surface area contributed by atoms with Crippen LogP contribution in [0.15, 0.2) is 23.0 Å². The van der Waals surface area contributed by atoms with Crippen molar-refractivity contribution in [3.05, 3.63) is 24.2 Å². The van der Waals surface area contributed by atoms with Crippen molar-refractivity contribution in [1.82, 2.24) is 0 Å². The van der Waals surface area contributed by atoms with E-state index in [0.29, 0.717) is 0 Å². The first-order chi connectivity index (χ1) is 6.05. The summed E-state index contributed by atoms with van der Waals surface area (Å²) in [4.78, 5) is 0. The number of hydrogen-bond acceptors (Lipinski definition) is 2. The predicted octanol–water partition coefficient (Wildman–Crippen LogP) is 2.44. The van der Waals surface area contributed by atoms with Crippen molar-refractivity contribution in [3.63, 3.8) is 0 Å². The number of methoxy groups -OCH3 is 1. The lowest BCUT2D eigenvalue weighted by molar-refractivity contribution is 0.341. The maximum absolute atomic E-state index is 5.48. The van der Waals surface area contributed by atoms with Gasteiger partial charge in [-0.2, -0.15) is 0 Å². The molecule has 0 N–H and O–H groups in total. The molecular weight excluding hydrogens is 180 g/mol. The highest BCUT2D eigenvalue weighted by Gasteiger charge is 2.22. The van der Waals surface area contributed by atoms with Crippen LogP contribution in [0.1, 0.15) is 5.56 Å². The van der Waals surface area contributed by atoms with Crippen LogP contribution in [0, 0.1) is 0 Å². The monoisotopic (exact) mass is 196 g/mol. The second-order valence-corrected chi connectivity index (χ2v) is 8.95. The predicted molar refractivity (Wildman–Crippen MR) is 57.7 cm³/mol. The van der Waals surface area contributed by atoms with E-state index in [1.807, 2.05) is 12.1 Å². The third-order valence-corrected chi connectivity index (χ3v) is 3.53. The summed E-state index contributed by atoms with van der Waals surface area (Å²) in [7, 11) is 0.295. The molecule has 0 unspecified atom stereocenters. The van der Waals surface area contributed by atoms with E-state index in [0.717, 1.165) is 10.9 Å². The molecule has 1 heterocycles. The summed E-state index contributed by atoms with van der Waals surface area (Å²) in [5.74, 6) is 0. The lowest BCUT2D eigenvalue weighted by atomic mass is 10.3. The van der Waals surface area contributed by atoms with Crippen LogP contribution < -0.4 is 5.38 Å². The first-order valence-electron chi connectivity index (χ1n) is 4.33. The van der Waals surface area contributed by atoms with Crippen molar-refractivity contribution >= 4 is 19.5 Å². The molecule has 0 radical (unpaired) electrons. The van der Waals surface area contributed by atoms with E-state index >= 15 is 0 Å². The SMILES string of the molecule is CO/C=C\c1ccoc1[Si](C)(C)C. The number of furan rings is 1. The Morgan fingerprint density at radius 1 is 1.38 bits per heavy atom. The van der Waals surface area contributed by atoms with Crippen LogP contribution in [-0.4, -0.2) is 15.2 Å². The summed E-state index contributed by atoms with van der Waals surface area (Å²) in [6.07, 6.45) is 5.36. The zero-order valence-electron chi connectivity index (χ0n) is 8.63. The second kappa shape index (κ2) is 3.83. The Kier molecular flexibility index (Phi) is 2.98. The summed E-state index contributed by atoms with van der Waals surface area (Å²) < 4.78 is 10.4. The van der Waals surface area contributed by atoms with Crippen molar-refractivity contribution < 1.29 is 9.15 Å². The van der Waals surface area contributed by atoms with Gasteiger partial charge in [-0.1, -0.05) is 19.6 Å². The quantitative estimate of drug-likeness (QED) is 0.547. The van der Waals surface area contributed by atoms with Crippen LogP contribution in [0.2, 0.25) is 19.6 Å². The fourth-order valence-electron chi connectivity index (χ4n) is 1.20. The van der Waals surface area contributed by atoms with Gasteiger partial charge in [0.1, 0.15) is 8.07 Å². The summed E-state index contributed by atoms with van der Waals surface area (Å²) in [6.45, 7) is 6.78. The van der Waals surface area contributed by atoms with Gasteiger partial charge in [-0.3, -0.25) is 0 Å². The van der Waals surface area contributed by atoms with Crippen molar-refractivity contribution in [2.45, 2.75) is 19.6 Å². The van der Waals surface area contributed by atoms with Crippen molar-refractivity contribution in [2.24, 2.45) is 0 Å². The van der Waals surface area contributed by atoms with Gasteiger partial charge in [0.2, 0.25) is 0 Å². The average molecular weight is 196 g/mol. The van der Waals surface area contributed by atoms with Gasteiger partial charge in [0.25, 0.3) is 0 Å². The van der Waals surface area contributed by atoms with E-state index in [2.05, 4.69) is 19.6 Å². The second-order valence-electron chi connectivity index (χ2n) is 3.99. The smallest absolute Gasteiger partial charge is 0.124 e. The maximum Gasteiger partial charge on any atom is 0.124 e. The van der Waals surface area contributed by atoms with Gasteiger partial charge in [0, 0.05) is 5.56 Å². The summed E-state index contributed by atoms with van der Waals surface area (Å²) in [6, 6.07) is 1.98. The van der Waals surface area contributed by atoms with Crippen LogP contribution in [-0.2, 0) is 4.74 Å². The van der Waals surface area contributed by atoms with E-state index in [9.17, 15) is 0 Å². The van der Waals surface area contributed by atoms with Crippen molar-refractivity contribution in [3.8, 4) is 0 Å². The Morgan fingerprint density at radius 3 is 2.62 bits per heavy atom. The molecule has 0 saturated heterocycles. The normalized spacial score (nSPS) is 12.3. The molecule has 0 atom stereocenters. The topological polar surface area (TPSA) is 22.4 Å². The molecule has 3 heteroatoms. The van der Waals surface area contributed by atoms with Crippen LogP contribution in [0.4, 0.5) is 0 Å². The van der Waals surface area contributed by atoms with Crippen LogP contribution in [0.5, 0.6) is 0 Å². The molecule has 0 amide bonds. The lowest BCUT2D eigenvalue weighted by Crippen LogP contribution is -2.37. The van der Waals surface area contributed by atoms with Gasteiger partial charge in [-0.05, 0) is 12.1 Å². The highest BCUT2D eigenvalue weighted by Crippen LogP contribution is 2.09. The van der Waals surface area contributed by atoms with E-state index in [1.54, 1.807) is 19.6 Å². The standard InChI is InChI=1S/C10H16O2Si/c1-11-7-5-9-6-8-12-10(9)13(2,3)4/h5-8H,1-4H3/b7-5-. The van der Waals surface area contributed by atoms with Gasteiger partial charge in [-0.15, -0.1) is 0 Å². The largest absolute Gasteiger partial charge is 0.504 e. The molecule has 2 nitrogen and oxygen atoms in total. The molecule has 0 spiro atoms. The highest BCUT2D eigenvalue weighted by atomic mass is 28.3. The van der Waals surface area contributed by atoms with E-state index < -0.39 is 8.07 Å². The summed E-state index contributed by atoms with van der Waals surface area (Å²) in [5.41, 5.74) is 1.14. The van der Waals surface area contributed by atoms with Gasteiger partial charge in [-0.25, -0.2) is 0 Å². The molecule has 0 fully saturated rings. The molecule has 1 aromatic heterocycles. The van der Waals surface area contributed by atoms with E-state index in [4.69, 9.17) is 9.15 Å². The number of hydrogen-bond donors (Lipinski definition) is 0. The van der Waals surface area contributed by atoms with Crippen LogP contribution in [0.3, 0.4) is 0 Å². The van der Waals surface area contributed by atoms with Crippen LogP contribution in [0.25, 0.3) is 6.08 Å². The molecule has 1 aromatic rings. The number of rotatable bonds is 3. The third kappa shape index (κ3) is 2.49. The molecule has 0 aromatic carbocycles. The minimum absolute atomic E-state index is 1.13. The van der Waals surface area contributed by atoms with E-state index in [-0.39, 0.29) is 0 Å². The fourth-order valence-corrected chi connectivity index (χ4v) is 2.66. The first kappa shape index (κ1) is 10.1. The van der Waals surface area contributed by atoms with Gasteiger partial charge >= 0.3 is 0 Å². The Bertz CT molecular complexity index is 294. The minimum Gasteiger partial charge on any atom is -0.504 e. The molecule has 72 valence electrons. The van der Waals surface area contributed by atoms with E-state index in [1.165, 1.54) is 0 Å². The van der Waals surface area contributed by atoms with Gasteiger partial charge < -0.3 is 9.15 Å². The summed E-state index contributed by atoms with van der Waals surface area (Å²) >= 11 is 0. The highest BCUT2D eigenvalue weighted by molar-refractivity contribution is 6.88. The first-order valence-corrected chi connectivity index (χ1v) is 7.83. The molecule has 0 aliphatic carbocycles. The van der Waals surface area contributed by atoms with Crippen molar-refractivity contribution in [1.29, 1.82) is 0 Å². The molecule has 0 aliphatic heterocycles. The maximum atomic E-state index is 5.48. The average Bonchev–Trinajstić information content (AvgIpc) is 2.47. The zero-order valence-corrected chi connectivity index (χ0v) is 9.63. The number of ether oxygens (including phenoxy) is 1. The Hall–Kier alpha value is -0.963. The molecule has 0 bridgehead atoms. The van der Waals surface area contributed by atoms with Crippen LogP contribution >= 0.6 is 0 Å². The molecular formula is C10H16O2Si. The zero-order chi connectivity index (χ0) is 9.90. The molecule has 0 saturated carbocycles. The van der Waals surface area contributed by atoms with Gasteiger partial charge in [0.05, 0.1) is 25.0 Å². The van der Waals surface area contributed by atoms with Crippen molar-refractivity contribution in [2.75, 3.05) is 7.11 Å². The van der Waals surface area contributed by atoms with Gasteiger partial charge in [0.15, 0.2) is 0 Å². The Balaban J connectivity index is 2.96. The fraction of sp³-hybridized carbons (Fsp3) is 0.400.